The first-order valence-electron chi connectivity index (χ1n) is 9.47. The molecule has 2 amide bonds. The van der Waals surface area contributed by atoms with Gasteiger partial charge in [0.05, 0.1) is 35.5 Å². The van der Waals surface area contributed by atoms with Crippen LogP contribution in [0.3, 0.4) is 0 Å². The van der Waals surface area contributed by atoms with Crippen molar-refractivity contribution < 1.29 is 14.3 Å². The number of morpholine rings is 1. The number of aromatic nitrogens is 2. The molecule has 1 N–H and O–H groups in total. The zero-order valence-corrected chi connectivity index (χ0v) is 16.0. The highest BCUT2D eigenvalue weighted by Crippen LogP contribution is 2.32. The number of hydrogen-bond donors (Lipinski definition) is 1. The fraction of sp³-hybridized carbons (Fsp3) is 0.667. The zero-order valence-electron chi connectivity index (χ0n) is 15.2. The number of ether oxygens (including phenoxy) is 1. The predicted octanol–water partition coefficient (Wildman–Crippen LogP) is 0.854. The van der Waals surface area contributed by atoms with Crippen molar-refractivity contribution in [3.05, 3.63) is 17.4 Å². The van der Waals surface area contributed by atoms with E-state index in [0.29, 0.717) is 50.1 Å². The number of carbonyl (C=O) groups excluding carboxylic acids is 2. The molecule has 3 aliphatic heterocycles. The third-order valence-corrected chi connectivity index (χ3v) is 5.93. The number of nitrogens with zero attached hydrogens (tertiary/aromatic N) is 4. The van der Waals surface area contributed by atoms with Crippen LogP contribution in [0.4, 0.5) is 5.95 Å². The lowest BCUT2D eigenvalue weighted by Crippen LogP contribution is -2.59. The highest BCUT2D eigenvalue weighted by atomic mass is 35.5. The minimum Gasteiger partial charge on any atom is -0.371 e. The van der Waals surface area contributed by atoms with Gasteiger partial charge in [0.15, 0.2) is 0 Å². The highest BCUT2D eigenvalue weighted by Gasteiger charge is 2.42. The first-order valence-corrected chi connectivity index (χ1v) is 9.84. The molecular formula is C18H24ClN5O3. The van der Waals surface area contributed by atoms with E-state index < -0.39 is 0 Å². The summed E-state index contributed by atoms with van der Waals surface area (Å²) >= 11 is 5.86. The molecule has 3 saturated heterocycles. The van der Waals surface area contributed by atoms with Crippen LogP contribution in [0, 0.1) is 5.92 Å². The molecule has 0 aromatic carbocycles. The summed E-state index contributed by atoms with van der Waals surface area (Å²) < 4.78 is 6.14. The van der Waals surface area contributed by atoms with E-state index in [4.69, 9.17) is 16.3 Å². The lowest BCUT2D eigenvalue weighted by molar-refractivity contribution is -0.158. The van der Waals surface area contributed by atoms with Crippen molar-refractivity contribution in [1.29, 1.82) is 0 Å². The number of hydrogen-bond acceptors (Lipinski definition) is 6. The van der Waals surface area contributed by atoms with Gasteiger partial charge in [-0.1, -0.05) is 11.6 Å². The Morgan fingerprint density at radius 3 is 2.67 bits per heavy atom. The molecule has 0 saturated carbocycles. The van der Waals surface area contributed by atoms with Crippen molar-refractivity contribution >= 4 is 29.4 Å². The smallest absolute Gasteiger partial charge is 0.227 e. The summed E-state index contributed by atoms with van der Waals surface area (Å²) in [5.41, 5.74) is -0.297. The highest BCUT2D eigenvalue weighted by molar-refractivity contribution is 6.30. The maximum absolute atomic E-state index is 12.9. The first-order chi connectivity index (χ1) is 13.0. The van der Waals surface area contributed by atoms with Gasteiger partial charge in [0.25, 0.3) is 0 Å². The van der Waals surface area contributed by atoms with Gasteiger partial charge in [0, 0.05) is 39.1 Å². The van der Waals surface area contributed by atoms with E-state index in [0.717, 1.165) is 25.9 Å². The fourth-order valence-electron chi connectivity index (χ4n) is 4.12. The minimum absolute atomic E-state index is 0.0364. The molecule has 0 radical (unpaired) electrons. The molecule has 27 heavy (non-hydrogen) atoms. The maximum Gasteiger partial charge on any atom is 0.227 e. The van der Waals surface area contributed by atoms with Crippen molar-refractivity contribution in [2.75, 3.05) is 44.2 Å². The normalized spacial score (nSPS) is 25.4. The van der Waals surface area contributed by atoms with Gasteiger partial charge in [-0.05, 0) is 19.3 Å². The van der Waals surface area contributed by atoms with E-state index in [1.54, 1.807) is 12.4 Å². The topological polar surface area (TPSA) is 87.7 Å². The SMILES string of the molecule is O=C1CCC(C(=O)N2CCOC3(CCN(c4ncc(Cl)cn4)CC3)C2)CN1. The van der Waals surface area contributed by atoms with Gasteiger partial charge in [0.1, 0.15) is 0 Å². The molecule has 1 atom stereocenters. The molecule has 4 rings (SSSR count). The Kier molecular flexibility index (Phi) is 5.19. The Balaban J connectivity index is 1.36. The molecule has 1 aromatic heterocycles. The van der Waals surface area contributed by atoms with Crippen LogP contribution >= 0.6 is 11.6 Å². The van der Waals surface area contributed by atoms with Crippen LogP contribution in [0.2, 0.25) is 5.02 Å². The molecular weight excluding hydrogens is 370 g/mol. The largest absolute Gasteiger partial charge is 0.371 e. The zero-order chi connectivity index (χ0) is 18.9. The number of amides is 2. The van der Waals surface area contributed by atoms with E-state index in [2.05, 4.69) is 20.2 Å². The van der Waals surface area contributed by atoms with Crippen LogP contribution in [-0.2, 0) is 14.3 Å². The van der Waals surface area contributed by atoms with Crippen LogP contribution < -0.4 is 10.2 Å². The first kappa shape index (κ1) is 18.4. The minimum atomic E-state index is -0.297. The molecule has 1 unspecified atom stereocenters. The molecule has 1 spiro atoms. The number of carbonyl (C=O) groups is 2. The average molecular weight is 394 g/mol. The summed E-state index contributed by atoms with van der Waals surface area (Å²) in [7, 11) is 0. The second-order valence-electron chi connectivity index (χ2n) is 7.52. The Morgan fingerprint density at radius 1 is 1.26 bits per heavy atom. The average Bonchev–Trinajstić information content (AvgIpc) is 2.69. The Morgan fingerprint density at radius 2 is 2.00 bits per heavy atom. The van der Waals surface area contributed by atoms with Crippen LogP contribution in [0.5, 0.6) is 0 Å². The molecule has 4 heterocycles. The van der Waals surface area contributed by atoms with Crippen molar-refractivity contribution in [3.63, 3.8) is 0 Å². The van der Waals surface area contributed by atoms with Crippen LogP contribution in [0.25, 0.3) is 0 Å². The lowest BCUT2D eigenvalue weighted by Gasteiger charge is -2.47. The molecule has 3 aliphatic rings. The predicted molar refractivity (Wildman–Crippen MR) is 99.5 cm³/mol. The lowest BCUT2D eigenvalue weighted by atomic mass is 9.88. The monoisotopic (exact) mass is 393 g/mol. The van der Waals surface area contributed by atoms with Crippen molar-refractivity contribution in [3.8, 4) is 0 Å². The Hall–Kier alpha value is -1.93. The van der Waals surface area contributed by atoms with Gasteiger partial charge in [-0.15, -0.1) is 0 Å². The number of piperidine rings is 2. The van der Waals surface area contributed by atoms with E-state index >= 15 is 0 Å². The van der Waals surface area contributed by atoms with Gasteiger partial charge >= 0.3 is 0 Å². The number of halogens is 1. The third kappa shape index (κ3) is 4.01. The second-order valence-corrected chi connectivity index (χ2v) is 7.96. The van der Waals surface area contributed by atoms with E-state index in [-0.39, 0.29) is 23.3 Å². The van der Waals surface area contributed by atoms with Crippen molar-refractivity contribution in [2.45, 2.75) is 31.3 Å². The molecule has 3 fully saturated rings. The fourth-order valence-corrected chi connectivity index (χ4v) is 4.22. The van der Waals surface area contributed by atoms with Crippen LogP contribution in [0.1, 0.15) is 25.7 Å². The quantitative estimate of drug-likeness (QED) is 0.801. The summed E-state index contributed by atoms with van der Waals surface area (Å²) in [6.07, 6.45) is 5.93. The molecule has 8 nitrogen and oxygen atoms in total. The van der Waals surface area contributed by atoms with Gasteiger partial charge in [-0.3, -0.25) is 9.59 Å². The van der Waals surface area contributed by atoms with Crippen LogP contribution in [0.15, 0.2) is 12.4 Å². The number of nitrogens with one attached hydrogen (secondary N) is 1. The molecule has 1 aromatic rings. The summed E-state index contributed by atoms with van der Waals surface area (Å²) in [5, 5.41) is 3.33. The van der Waals surface area contributed by atoms with Gasteiger partial charge in [-0.25, -0.2) is 9.97 Å². The molecule has 146 valence electrons. The molecule has 0 bridgehead atoms. The Bertz CT molecular complexity index is 695. The van der Waals surface area contributed by atoms with Crippen LogP contribution in [-0.4, -0.2) is 71.6 Å². The summed E-state index contributed by atoms with van der Waals surface area (Å²) in [5.74, 6) is 0.742. The standard InChI is InChI=1S/C18H24ClN5O3/c19-14-10-21-17(22-11-14)23-5-3-18(4-6-23)12-24(7-8-27-18)16(26)13-1-2-15(25)20-9-13/h10-11,13H,1-9,12H2,(H,20,25). The molecule has 0 aliphatic carbocycles. The van der Waals surface area contributed by atoms with Crippen molar-refractivity contribution in [1.82, 2.24) is 20.2 Å². The Labute approximate surface area is 163 Å². The van der Waals surface area contributed by atoms with Gasteiger partial charge in [-0.2, -0.15) is 0 Å². The number of anilines is 1. The molecule has 9 heteroatoms. The summed E-state index contributed by atoms with van der Waals surface area (Å²) in [6.45, 7) is 3.80. The van der Waals surface area contributed by atoms with E-state index in [1.807, 2.05) is 4.90 Å². The van der Waals surface area contributed by atoms with Gasteiger partial charge in [0.2, 0.25) is 17.8 Å². The van der Waals surface area contributed by atoms with Crippen molar-refractivity contribution in [2.24, 2.45) is 5.92 Å². The second kappa shape index (κ2) is 7.59. The van der Waals surface area contributed by atoms with E-state index in [1.165, 1.54) is 0 Å². The summed E-state index contributed by atoms with van der Waals surface area (Å²) in [6, 6.07) is 0. The third-order valence-electron chi connectivity index (χ3n) is 5.74. The number of rotatable bonds is 2. The van der Waals surface area contributed by atoms with E-state index in [9.17, 15) is 9.59 Å². The maximum atomic E-state index is 12.9. The van der Waals surface area contributed by atoms with Gasteiger partial charge < -0.3 is 19.9 Å². The summed E-state index contributed by atoms with van der Waals surface area (Å²) in [4.78, 5) is 36.9.